The van der Waals surface area contributed by atoms with Gasteiger partial charge in [0, 0.05) is 42.6 Å². The predicted octanol–water partition coefficient (Wildman–Crippen LogP) is 3.50. The van der Waals surface area contributed by atoms with Crippen LogP contribution in [0.15, 0.2) is 42.5 Å². The second-order valence-electron chi connectivity index (χ2n) is 6.82. The van der Waals surface area contributed by atoms with Crippen molar-refractivity contribution in [2.75, 3.05) is 49.5 Å². The first-order valence-electron chi connectivity index (χ1n) is 9.56. The second kappa shape index (κ2) is 9.96. The first kappa shape index (κ1) is 21.4. The van der Waals surface area contributed by atoms with E-state index in [1.165, 1.54) is 12.1 Å². The molecule has 1 aliphatic rings. The third kappa shape index (κ3) is 5.85. The maximum atomic E-state index is 12.2. The van der Waals surface area contributed by atoms with Gasteiger partial charge in [0.1, 0.15) is 0 Å². The minimum atomic E-state index is -0.427. The number of likely N-dealkylation sites (N-methyl/N-ethyl adjacent to an activating group) is 1. The van der Waals surface area contributed by atoms with Crippen molar-refractivity contribution in [3.8, 4) is 0 Å². The van der Waals surface area contributed by atoms with E-state index in [1.54, 1.807) is 6.07 Å². The number of carbonyl (C=O) groups is 2. The fraction of sp³-hybridized carbons (Fsp3) is 0.333. The fourth-order valence-electron chi connectivity index (χ4n) is 3.21. The summed E-state index contributed by atoms with van der Waals surface area (Å²) in [6.45, 7) is 7.23. The quantitative estimate of drug-likeness (QED) is 0.729. The maximum absolute atomic E-state index is 12.2. The van der Waals surface area contributed by atoms with Gasteiger partial charge in [-0.1, -0.05) is 30.1 Å². The molecule has 0 aliphatic carbocycles. The van der Waals surface area contributed by atoms with Crippen LogP contribution in [0.3, 0.4) is 0 Å². The predicted molar refractivity (Wildman–Crippen MR) is 118 cm³/mol. The number of piperazine rings is 1. The molecule has 2 aromatic rings. The number of anilines is 2. The zero-order chi connectivity index (χ0) is 20.8. The number of rotatable bonds is 6. The molecule has 0 spiro atoms. The molecule has 6 nitrogen and oxygen atoms in total. The summed E-state index contributed by atoms with van der Waals surface area (Å²) in [5.74, 6) is -0.740. The molecule has 0 radical (unpaired) electrons. The molecule has 1 fully saturated rings. The number of nitrogens with zero attached hydrogens (tertiary/aromatic N) is 2. The van der Waals surface area contributed by atoms with Crippen LogP contribution in [-0.2, 0) is 4.79 Å². The Kier molecular flexibility index (Phi) is 7.36. The third-order valence-electron chi connectivity index (χ3n) is 4.92. The summed E-state index contributed by atoms with van der Waals surface area (Å²) >= 11 is 11.8. The standard InChI is InChI=1S/C21H24Cl2N4O2/c1-2-26-9-11-27(12-10-26)17-6-4-16(5-7-17)25-20(28)14-24-21(29)18-8-3-15(22)13-19(18)23/h3-8,13H,2,9-12,14H2,1H3,(H,24,29)(H,25,28). The van der Waals surface area contributed by atoms with Crippen LogP contribution in [-0.4, -0.2) is 56.0 Å². The summed E-state index contributed by atoms with van der Waals surface area (Å²) in [5, 5.41) is 6.03. The van der Waals surface area contributed by atoms with Crippen LogP contribution in [0.5, 0.6) is 0 Å². The average molecular weight is 435 g/mol. The van der Waals surface area contributed by atoms with Crippen molar-refractivity contribution in [1.29, 1.82) is 0 Å². The van der Waals surface area contributed by atoms with Crippen molar-refractivity contribution in [3.05, 3.63) is 58.1 Å². The lowest BCUT2D eigenvalue weighted by Gasteiger charge is -2.35. The Bertz CT molecular complexity index is 865. The van der Waals surface area contributed by atoms with E-state index < -0.39 is 5.91 Å². The number of hydrogen-bond donors (Lipinski definition) is 2. The fourth-order valence-corrected chi connectivity index (χ4v) is 3.71. The molecule has 29 heavy (non-hydrogen) atoms. The number of carbonyl (C=O) groups excluding carboxylic acids is 2. The van der Waals surface area contributed by atoms with E-state index in [4.69, 9.17) is 23.2 Å². The topological polar surface area (TPSA) is 64.7 Å². The smallest absolute Gasteiger partial charge is 0.253 e. The van der Waals surface area contributed by atoms with Gasteiger partial charge >= 0.3 is 0 Å². The van der Waals surface area contributed by atoms with Gasteiger partial charge in [-0.2, -0.15) is 0 Å². The Balaban J connectivity index is 1.48. The van der Waals surface area contributed by atoms with Crippen LogP contribution >= 0.6 is 23.2 Å². The highest BCUT2D eigenvalue weighted by Crippen LogP contribution is 2.21. The SMILES string of the molecule is CCN1CCN(c2ccc(NC(=O)CNC(=O)c3ccc(Cl)cc3Cl)cc2)CC1. The average Bonchev–Trinajstić information content (AvgIpc) is 2.73. The van der Waals surface area contributed by atoms with Crippen LogP contribution < -0.4 is 15.5 Å². The normalized spacial score (nSPS) is 14.5. The van der Waals surface area contributed by atoms with E-state index in [2.05, 4.69) is 27.4 Å². The summed E-state index contributed by atoms with van der Waals surface area (Å²) in [4.78, 5) is 29.1. The first-order valence-corrected chi connectivity index (χ1v) is 10.3. The van der Waals surface area contributed by atoms with E-state index in [0.717, 1.165) is 38.4 Å². The summed E-state index contributed by atoms with van der Waals surface area (Å²) in [7, 11) is 0. The van der Waals surface area contributed by atoms with E-state index in [0.29, 0.717) is 10.7 Å². The lowest BCUT2D eigenvalue weighted by Crippen LogP contribution is -2.46. The van der Waals surface area contributed by atoms with Crippen LogP contribution in [0.4, 0.5) is 11.4 Å². The Morgan fingerprint density at radius 1 is 1.00 bits per heavy atom. The van der Waals surface area contributed by atoms with Crippen molar-refractivity contribution in [3.63, 3.8) is 0 Å². The maximum Gasteiger partial charge on any atom is 0.253 e. The molecule has 0 unspecified atom stereocenters. The highest BCUT2D eigenvalue weighted by molar-refractivity contribution is 6.36. The van der Waals surface area contributed by atoms with Gasteiger partial charge in [0.05, 0.1) is 17.1 Å². The number of benzene rings is 2. The molecule has 0 bridgehead atoms. The van der Waals surface area contributed by atoms with Gasteiger partial charge in [0.15, 0.2) is 0 Å². The molecule has 2 amide bonds. The van der Waals surface area contributed by atoms with Crippen LogP contribution in [0.2, 0.25) is 10.0 Å². The van der Waals surface area contributed by atoms with Gasteiger partial charge < -0.3 is 20.4 Å². The van der Waals surface area contributed by atoms with Crippen LogP contribution in [0.1, 0.15) is 17.3 Å². The monoisotopic (exact) mass is 434 g/mol. The molecular formula is C21H24Cl2N4O2. The third-order valence-corrected chi connectivity index (χ3v) is 5.47. The van der Waals surface area contributed by atoms with Gasteiger partial charge in [-0.05, 0) is 49.0 Å². The summed E-state index contributed by atoms with van der Waals surface area (Å²) in [6, 6.07) is 12.3. The number of amides is 2. The second-order valence-corrected chi connectivity index (χ2v) is 7.67. The summed E-state index contributed by atoms with van der Waals surface area (Å²) < 4.78 is 0. The molecule has 3 rings (SSSR count). The highest BCUT2D eigenvalue weighted by Gasteiger charge is 2.16. The molecule has 0 aromatic heterocycles. The van der Waals surface area contributed by atoms with Crippen molar-refractivity contribution in [2.24, 2.45) is 0 Å². The van der Waals surface area contributed by atoms with Crippen molar-refractivity contribution in [2.45, 2.75) is 6.92 Å². The van der Waals surface area contributed by atoms with Crippen molar-refractivity contribution in [1.82, 2.24) is 10.2 Å². The van der Waals surface area contributed by atoms with E-state index in [1.807, 2.05) is 24.3 Å². The lowest BCUT2D eigenvalue weighted by molar-refractivity contribution is -0.115. The highest BCUT2D eigenvalue weighted by atomic mass is 35.5. The van der Waals surface area contributed by atoms with Gasteiger partial charge in [0.25, 0.3) is 5.91 Å². The molecule has 0 saturated carbocycles. The summed E-state index contributed by atoms with van der Waals surface area (Å²) in [5.41, 5.74) is 2.10. The molecule has 2 aromatic carbocycles. The lowest BCUT2D eigenvalue weighted by atomic mass is 10.2. The zero-order valence-corrected chi connectivity index (χ0v) is 17.8. The molecular weight excluding hydrogens is 411 g/mol. The number of hydrogen-bond acceptors (Lipinski definition) is 4. The van der Waals surface area contributed by atoms with E-state index in [9.17, 15) is 9.59 Å². The van der Waals surface area contributed by atoms with Gasteiger partial charge in [-0.25, -0.2) is 0 Å². The molecule has 1 saturated heterocycles. The van der Waals surface area contributed by atoms with Gasteiger partial charge in [-0.15, -0.1) is 0 Å². The Hall–Kier alpha value is -2.28. The summed E-state index contributed by atoms with van der Waals surface area (Å²) in [6.07, 6.45) is 0. The van der Waals surface area contributed by atoms with Crippen molar-refractivity contribution < 1.29 is 9.59 Å². The zero-order valence-electron chi connectivity index (χ0n) is 16.3. The number of nitrogens with one attached hydrogen (secondary N) is 2. The minimum absolute atomic E-state index is 0.154. The Labute approximate surface area is 180 Å². The first-order chi connectivity index (χ1) is 14.0. The molecule has 154 valence electrons. The van der Waals surface area contributed by atoms with Crippen LogP contribution in [0.25, 0.3) is 0 Å². The van der Waals surface area contributed by atoms with E-state index >= 15 is 0 Å². The largest absolute Gasteiger partial charge is 0.369 e. The number of halogens is 2. The minimum Gasteiger partial charge on any atom is -0.369 e. The molecule has 0 atom stereocenters. The molecule has 8 heteroatoms. The van der Waals surface area contributed by atoms with Gasteiger partial charge in [-0.3, -0.25) is 9.59 Å². The van der Waals surface area contributed by atoms with Crippen molar-refractivity contribution >= 4 is 46.4 Å². The molecule has 1 heterocycles. The molecule has 1 aliphatic heterocycles. The van der Waals surface area contributed by atoms with Gasteiger partial charge in [0.2, 0.25) is 5.91 Å². The Morgan fingerprint density at radius 2 is 1.69 bits per heavy atom. The van der Waals surface area contributed by atoms with Crippen LogP contribution in [0, 0.1) is 0 Å². The van der Waals surface area contributed by atoms with E-state index in [-0.39, 0.29) is 23.0 Å². The molecule has 2 N–H and O–H groups in total. The Morgan fingerprint density at radius 3 is 2.31 bits per heavy atom.